The van der Waals surface area contributed by atoms with Crippen LogP contribution in [0.25, 0.3) is 0 Å². The van der Waals surface area contributed by atoms with Crippen LogP contribution in [0.3, 0.4) is 0 Å². The Balaban J connectivity index is 3.01. The fourth-order valence-electron chi connectivity index (χ4n) is 0.731. The first-order valence-electron chi connectivity index (χ1n) is 3.00. The van der Waals surface area contributed by atoms with Crippen molar-refractivity contribution in [1.82, 2.24) is 0 Å². The van der Waals surface area contributed by atoms with Gasteiger partial charge in [0.2, 0.25) is 5.91 Å². The summed E-state index contributed by atoms with van der Waals surface area (Å²) >= 11 is 1.99. The average molecular weight is 262 g/mol. The highest BCUT2D eigenvalue weighted by molar-refractivity contribution is 14.1. The fourth-order valence-corrected chi connectivity index (χ4v) is 1.07. The molecular weight excluding hydrogens is 255 g/mol. The molecule has 0 aliphatic rings. The van der Waals surface area contributed by atoms with E-state index in [0.717, 1.165) is 5.69 Å². The molecule has 1 aromatic carbocycles. The van der Waals surface area contributed by atoms with E-state index in [1.807, 2.05) is 28.9 Å². The zero-order chi connectivity index (χ0) is 8.27. The number of carbonyl (C=O) groups excluding carboxylic acids is 1. The molecule has 58 valence electrons. The van der Waals surface area contributed by atoms with Gasteiger partial charge in [0.05, 0.1) is 22.9 Å². The normalized spacial score (nSPS) is 9.18. The molecule has 0 unspecified atom stereocenters. The van der Waals surface area contributed by atoms with Crippen LogP contribution in [0.15, 0.2) is 24.3 Å². The van der Waals surface area contributed by atoms with Crippen molar-refractivity contribution in [1.29, 1.82) is 0 Å². The number of halogens is 1. The number of nitrogens with one attached hydrogen (secondary N) is 1. The van der Waals surface area contributed by atoms with Crippen molar-refractivity contribution < 1.29 is 4.79 Å². The molecule has 3 nitrogen and oxygen atoms in total. The molecule has 0 spiro atoms. The van der Waals surface area contributed by atoms with E-state index in [1.54, 1.807) is 18.2 Å². The van der Waals surface area contributed by atoms with Gasteiger partial charge in [0.1, 0.15) is 0 Å². The predicted molar refractivity (Wildman–Crippen MR) is 52.6 cm³/mol. The third kappa shape index (κ3) is 2.07. The SMILES string of the molecule is NC(=O)c1cccc(NI)c1. The van der Waals surface area contributed by atoms with Crippen molar-refractivity contribution in [3.63, 3.8) is 0 Å². The van der Waals surface area contributed by atoms with E-state index >= 15 is 0 Å². The standard InChI is InChI=1S/C7H7IN2O/c8-10-6-3-1-2-5(4-6)7(9)11/h1-4,10H,(H2,9,11). The predicted octanol–water partition coefficient (Wildman–Crippen LogP) is 1.55. The number of amides is 1. The monoisotopic (exact) mass is 262 g/mol. The van der Waals surface area contributed by atoms with Crippen LogP contribution in [-0.2, 0) is 0 Å². The summed E-state index contributed by atoms with van der Waals surface area (Å²) in [5.41, 5.74) is 6.47. The zero-order valence-electron chi connectivity index (χ0n) is 5.67. The van der Waals surface area contributed by atoms with Gasteiger partial charge in [0.25, 0.3) is 0 Å². The molecule has 0 radical (unpaired) electrons. The summed E-state index contributed by atoms with van der Waals surface area (Å²) < 4.78 is 2.88. The maximum Gasteiger partial charge on any atom is 0.248 e. The number of rotatable bonds is 2. The van der Waals surface area contributed by atoms with Crippen LogP contribution < -0.4 is 9.26 Å². The summed E-state index contributed by atoms with van der Waals surface area (Å²) in [6, 6.07) is 7.02. The highest BCUT2D eigenvalue weighted by Gasteiger charge is 1.98. The van der Waals surface area contributed by atoms with Crippen LogP contribution in [-0.4, -0.2) is 5.91 Å². The van der Waals surface area contributed by atoms with E-state index in [4.69, 9.17) is 5.73 Å². The average Bonchev–Trinajstić information content (AvgIpc) is 2.05. The second-order valence-electron chi connectivity index (χ2n) is 2.04. The number of nitrogens with two attached hydrogens (primary N) is 1. The summed E-state index contributed by atoms with van der Waals surface area (Å²) in [5.74, 6) is -0.404. The van der Waals surface area contributed by atoms with Crippen molar-refractivity contribution in [3.05, 3.63) is 29.8 Å². The molecule has 1 amide bonds. The molecule has 0 fully saturated rings. The number of hydrogen-bond acceptors (Lipinski definition) is 2. The van der Waals surface area contributed by atoms with Gasteiger partial charge in [-0.15, -0.1) is 0 Å². The van der Waals surface area contributed by atoms with Gasteiger partial charge in [0, 0.05) is 11.3 Å². The molecule has 11 heavy (non-hydrogen) atoms. The maximum absolute atomic E-state index is 10.7. The first-order valence-corrected chi connectivity index (χ1v) is 4.08. The van der Waals surface area contributed by atoms with E-state index in [9.17, 15) is 4.79 Å². The smallest absolute Gasteiger partial charge is 0.248 e. The van der Waals surface area contributed by atoms with Gasteiger partial charge in [0.15, 0.2) is 0 Å². The van der Waals surface area contributed by atoms with Crippen LogP contribution >= 0.6 is 22.9 Å². The highest BCUT2D eigenvalue weighted by Crippen LogP contribution is 2.11. The first kappa shape index (κ1) is 8.32. The Morgan fingerprint density at radius 1 is 1.55 bits per heavy atom. The molecular formula is C7H7IN2O. The van der Waals surface area contributed by atoms with Crippen LogP contribution in [0.1, 0.15) is 10.4 Å². The Morgan fingerprint density at radius 3 is 2.82 bits per heavy atom. The van der Waals surface area contributed by atoms with Crippen LogP contribution in [0.5, 0.6) is 0 Å². The Hall–Kier alpha value is -0.780. The van der Waals surface area contributed by atoms with Crippen LogP contribution in [0, 0.1) is 0 Å². The first-order chi connectivity index (χ1) is 5.24. The van der Waals surface area contributed by atoms with Gasteiger partial charge < -0.3 is 9.26 Å². The van der Waals surface area contributed by atoms with Crippen LogP contribution in [0.4, 0.5) is 5.69 Å². The lowest BCUT2D eigenvalue weighted by atomic mass is 10.2. The third-order valence-electron chi connectivity index (χ3n) is 1.26. The highest BCUT2D eigenvalue weighted by atomic mass is 127. The van der Waals surface area contributed by atoms with Crippen molar-refractivity contribution in [2.45, 2.75) is 0 Å². The minimum Gasteiger partial charge on any atom is -0.366 e. The summed E-state index contributed by atoms with van der Waals surface area (Å²) in [6.45, 7) is 0. The Kier molecular flexibility index (Phi) is 2.70. The quantitative estimate of drug-likeness (QED) is 0.627. The Bertz CT molecular complexity index is 275. The molecule has 0 saturated heterocycles. The van der Waals surface area contributed by atoms with E-state index in [-0.39, 0.29) is 0 Å². The van der Waals surface area contributed by atoms with E-state index in [0.29, 0.717) is 5.56 Å². The third-order valence-corrected chi connectivity index (χ3v) is 1.88. The summed E-state index contributed by atoms with van der Waals surface area (Å²) in [4.78, 5) is 10.7. The lowest BCUT2D eigenvalue weighted by molar-refractivity contribution is 0.100. The maximum atomic E-state index is 10.7. The van der Waals surface area contributed by atoms with E-state index < -0.39 is 5.91 Å². The van der Waals surface area contributed by atoms with Gasteiger partial charge in [-0.1, -0.05) is 6.07 Å². The van der Waals surface area contributed by atoms with Gasteiger partial charge in [-0.3, -0.25) is 4.79 Å². The number of benzene rings is 1. The second-order valence-corrected chi connectivity index (χ2v) is 2.58. The molecule has 0 atom stereocenters. The Labute approximate surface area is 78.5 Å². The molecule has 0 aliphatic carbocycles. The lowest BCUT2D eigenvalue weighted by Gasteiger charge is -1.98. The second kappa shape index (κ2) is 3.56. The Morgan fingerprint density at radius 2 is 2.27 bits per heavy atom. The number of primary amides is 1. The molecule has 0 aromatic heterocycles. The van der Waals surface area contributed by atoms with Gasteiger partial charge in [-0.25, -0.2) is 0 Å². The molecule has 1 aromatic rings. The zero-order valence-corrected chi connectivity index (χ0v) is 7.83. The topological polar surface area (TPSA) is 55.1 Å². The van der Waals surface area contributed by atoms with Crippen molar-refractivity contribution in [3.8, 4) is 0 Å². The number of anilines is 1. The molecule has 4 heteroatoms. The lowest BCUT2D eigenvalue weighted by Crippen LogP contribution is -2.10. The molecule has 0 aliphatic heterocycles. The summed E-state index contributed by atoms with van der Waals surface area (Å²) in [7, 11) is 0. The largest absolute Gasteiger partial charge is 0.366 e. The van der Waals surface area contributed by atoms with Gasteiger partial charge in [-0.2, -0.15) is 0 Å². The molecule has 0 bridgehead atoms. The summed E-state index contributed by atoms with van der Waals surface area (Å²) in [6.07, 6.45) is 0. The van der Waals surface area contributed by atoms with Crippen molar-refractivity contribution in [2.75, 3.05) is 3.53 Å². The van der Waals surface area contributed by atoms with Crippen molar-refractivity contribution >= 4 is 34.5 Å². The van der Waals surface area contributed by atoms with Gasteiger partial charge in [-0.05, 0) is 18.2 Å². The number of hydrogen-bond donors (Lipinski definition) is 2. The molecule has 0 heterocycles. The van der Waals surface area contributed by atoms with Gasteiger partial charge >= 0.3 is 0 Å². The number of carbonyl (C=O) groups is 1. The van der Waals surface area contributed by atoms with E-state index in [2.05, 4.69) is 3.53 Å². The minimum atomic E-state index is -0.404. The molecule has 0 saturated carbocycles. The van der Waals surface area contributed by atoms with E-state index in [1.165, 1.54) is 0 Å². The van der Waals surface area contributed by atoms with Crippen molar-refractivity contribution in [2.24, 2.45) is 5.73 Å². The minimum absolute atomic E-state index is 0.404. The fraction of sp³-hybridized carbons (Fsp3) is 0. The molecule has 3 N–H and O–H groups in total. The summed E-state index contributed by atoms with van der Waals surface area (Å²) in [5, 5.41) is 0. The molecule has 1 rings (SSSR count). The van der Waals surface area contributed by atoms with Crippen LogP contribution in [0.2, 0.25) is 0 Å².